The molecule has 2 aromatic rings. The molecule has 2 rings (SSSR count). The summed E-state index contributed by atoms with van der Waals surface area (Å²) >= 11 is 9.22. The molecule has 0 aliphatic rings. The van der Waals surface area contributed by atoms with Crippen LogP contribution in [-0.2, 0) is 0 Å². The molecular weight excluding hydrogens is 342 g/mol. The summed E-state index contributed by atoms with van der Waals surface area (Å²) in [6.45, 7) is 2.62. The summed E-state index contributed by atoms with van der Waals surface area (Å²) in [7, 11) is 0. The van der Waals surface area contributed by atoms with E-state index in [0.29, 0.717) is 33.0 Å². The van der Waals surface area contributed by atoms with Gasteiger partial charge in [-0.3, -0.25) is 9.78 Å². The van der Waals surface area contributed by atoms with Crippen molar-refractivity contribution < 1.29 is 9.53 Å². The first-order valence-electron chi connectivity index (χ1n) is 6.19. The molecule has 0 aliphatic carbocycles. The average Bonchev–Trinajstić information content (AvgIpc) is 2.45. The summed E-state index contributed by atoms with van der Waals surface area (Å²) < 4.78 is 6.15. The minimum Gasteiger partial charge on any atom is -0.492 e. The van der Waals surface area contributed by atoms with Gasteiger partial charge in [-0.25, -0.2) is 0 Å². The minimum absolute atomic E-state index is 0.122. The van der Waals surface area contributed by atoms with Crippen LogP contribution in [0.3, 0.4) is 0 Å². The van der Waals surface area contributed by atoms with E-state index >= 15 is 0 Å². The molecule has 0 spiro atoms. The monoisotopic (exact) mass is 353 g/mol. The van der Waals surface area contributed by atoms with E-state index in [1.165, 1.54) is 6.20 Å². The van der Waals surface area contributed by atoms with Crippen LogP contribution in [0.2, 0.25) is 5.02 Å². The maximum absolute atomic E-state index is 12.4. The summed E-state index contributed by atoms with van der Waals surface area (Å²) in [6, 6.07) is 6.77. The number of hydrogen-bond donors (Lipinski definition) is 0. The van der Waals surface area contributed by atoms with E-state index in [9.17, 15) is 4.79 Å². The first-order chi connectivity index (χ1) is 9.61. The SMILES string of the molecule is CCCOc1cncc(C(=O)c2ccc(Cl)cc2Br)c1. The van der Waals surface area contributed by atoms with Crippen LogP contribution < -0.4 is 4.74 Å². The number of carbonyl (C=O) groups excluding carboxylic acids is 1. The van der Waals surface area contributed by atoms with Crippen LogP contribution in [0.15, 0.2) is 41.1 Å². The van der Waals surface area contributed by atoms with Crippen LogP contribution in [-0.4, -0.2) is 17.4 Å². The smallest absolute Gasteiger partial charge is 0.195 e. The molecule has 0 radical (unpaired) electrons. The fourth-order valence-electron chi connectivity index (χ4n) is 1.67. The Kier molecular flexibility index (Phi) is 5.15. The van der Waals surface area contributed by atoms with Crippen LogP contribution in [0, 0.1) is 0 Å². The van der Waals surface area contributed by atoms with Crippen LogP contribution >= 0.6 is 27.5 Å². The molecule has 3 nitrogen and oxygen atoms in total. The number of halogens is 2. The Morgan fingerprint density at radius 1 is 1.35 bits per heavy atom. The standard InChI is InChI=1S/C15H13BrClNO2/c1-2-5-20-12-6-10(8-18-9-12)15(19)13-4-3-11(17)7-14(13)16/h3-4,6-9H,2,5H2,1H3. The van der Waals surface area contributed by atoms with Crippen molar-refractivity contribution in [2.75, 3.05) is 6.61 Å². The van der Waals surface area contributed by atoms with E-state index in [1.54, 1.807) is 30.5 Å². The summed E-state index contributed by atoms with van der Waals surface area (Å²) in [5.41, 5.74) is 1.03. The molecule has 0 unspecified atom stereocenters. The van der Waals surface area contributed by atoms with E-state index in [-0.39, 0.29) is 5.78 Å². The van der Waals surface area contributed by atoms with Crippen molar-refractivity contribution in [3.8, 4) is 5.75 Å². The van der Waals surface area contributed by atoms with Crippen molar-refractivity contribution in [1.82, 2.24) is 4.98 Å². The number of rotatable bonds is 5. The molecule has 1 heterocycles. The molecule has 0 bridgehead atoms. The van der Waals surface area contributed by atoms with Gasteiger partial charge in [0.1, 0.15) is 5.75 Å². The maximum Gasteiger partial charge on any atom is 0.195 e. The lowest BCUT2D eigenvalue weighted by atomic mass is 10.1. The van der Waals surface area contributed by atoms with Crippen molar-refractivity contribution in [3.63, 3.8) is 0 Å². The number of aromatic nitrogens is 1. The Hall–Kier alpha value is -1.39. The first-order valence-corrected chi connectivity index (χ1v) is 7.36. The molecule has 0 saturated carbocycles. The summed E-state index contributed by atoms with van der Waals surface area (Å²) in [4.78, 5) is 16.5. The molecule has 0 saturated heterocycles. The number of ketones is 1. The van der Waals surface area contributed by atoms with Gasteiger partial charge in [-0.15, -0.1) is 0 Å². The average molecular weight is 355 g/mol. The summed E-state index contributed by atoms with van der Waals surface area (Å²) in [5.74, 6) is 0.478. The van der Waals surface area contributed by atoms with Crippen molar-refractivity contribution >= 4 is 33.3 Å². The second-order valence-corrected chi connectivity index (χ2v) is 5.50. The molecule has 104 valence electrons. The largest absolute Gasteiger partial charge is 0.492 e. The molecule has 5 heteroatoms. The highest BCUT2D eigenvalue weighted by molar-refractivity contribution is 9.10. The third-order valence-corrected chi connectivity index (χ3v) is 3.52. The highest BCUT2D eigenvalue weighted by Crippen LogP contribution is 2.24. The van der Waals surface area contributed by atoms with E-state index in [0.717, 1.165) is 6.42 Å². The van der Waals surface area contributed by atoms with Crippen LogP contribution in [0.5, 0.6) is 5.75 Å². The number of hydrogen-bond acceptors (Lipinski definition) is 3. The van der Waals surface area contributed by atoms with Crippen LogP contribution in [0.1, 0.15) is 29.3 Å². The molecule has 1 aromatic carbocycles. The zero-order valence-corrected chi connectivity index (χ0v) is 13.2. The van der Waals surface area contributed by atoms with Gasteiger partial charge in [-0.05, 0) is 46.6 Å². The molecule has 1 aromatic heterocycles. The van der Waals surface area contributed by atoms with Crippen molar-refractivity contribution in [2.24, 2.45) is 0 Å². The summed E-state index contributed by atoms with van der Waals surface area (Å²) in [5, 5.41) is 0.576. The lowest BCUT2D eigenvalue weighted by molar-refractivity contribution is 0.103. The van der Waals surface area contributed by atoms with Crippen molar-refractivity contribution in [1.29, 1.82) is 0 Å². The second kappa shape index (κ2) is 6.86. The van der Waals surface area contributed by atoms with Gasteiger partial charge >= 0.3 is 0 Å². The first kappa shape index (κ1) is 15.0. The highest BCUT2D eigenvalue weighted by Gasteiger charge is 2.14. The third kappa shape index (κ3) is 3.58. The predicted molar refractivity (Wildman–Crippen MR) is 82.6 cm³/mol. The number of nitrogens with zero attached hydrogens (tertiary/aromatic N) is 1. The predicted octanol–water partition coefficient (Wildman–Crippen LogP) is 4.52. The quantitative estimate of drug-likeness (QED) is 0.741. The fourth-order valence-corrected chi connectivity index (χ4v) is 2.53. The van der Waals surface area contributed by atoms with E-state index in [2.05, 4.69) is 20.9 Å². The highest BCUT2D eigenvalue weighted by atomic mass is 79.9. The van der Waals surface area contributed by atoms with Gasteiger partial charge in [0.2, 0.25) is 0 Å². The number of benzene rings is 1. The zero-order chi connectivity index (χ0) is 14.5. The Morgan fingerprint density at radius 2 is 2.15 bits per heavy atom. The Balaban J connectivity index is 2.28. The minimum atomic E-state index is -0.122. The number of ether oxygens (including phenoxy) is 1. The van der Waals surface area contributed by atoms with Gasteiger partial charge < -0.3 is 4.74 Å². The van der Waals surface area contributed by atoms with Gasteiger partial charge in [0.05, 0.1) is 12.8 Å². The third-order valence-electron chi connectivity index (χ3n) is 2.62. The van der Waals surface area contributed by atoms with Gasteiger partial charge in [-0.2, -0.15) is 0 Å². The van der Waals surface area contributed by atoms with Gasteiger partial charge in [-0.1, -0.05) is 18.5 Å². The lowest BCUT2D eigenvalue weighted by Gasteiger charge is -2.07. The Labute approximate surface area is 131 Å². The van der Waals surface area contributed by atoms with Gasteiger partial charge in [0.15, 0.2) is 5.78 Å². The van der Waals surface area contributed by atoms with E-state index in [4.69, 9.17) is 16.3 Å². The fraction of sp³-hybridized carbons (Fsp3) is 0.200. The number of carbonyl (C=O) groups is 1. The summed E-state index contributed by atoms with van der Waals surface area (Å²) in [6.07, 6.45) is 4.03. The number of pyridine rings is 1. The van der Waals surface area contributed by atoms with Gasteiger partial charge in [0, 0.05) is 26.8 Å². The molecule has 0 fully saturated rings. The van der Waals surface area contributed by atoms with Gasteiger partial charge in [0.25, 0.3) is 0 Å². The topological polar surface area (TPSA) is 39.2 Å². The van der Waals surface area contributed by atoms with Crippen LogP contribution in [0.25, 0.3) is 0 Å². The molecule has 0 atom stereocenters. The second-order valence-electron chi connectivity index (χ2n) is 4.21. The molecular formula is C15H13BrClNO2. The van der Waals surface area contributed by atoms with Crippen molar-refractivity contribution in [2.45, 2.75) is 13.3 Å². The van der Waals surface area contributed by atoms with E-state index < -0.39 is 0 Å². The Bertz CT molecular complexity index is 631. The molecule has 0 N–H and O–H groups in total. The molecule has 20 heavy (non-hydrogen) atoms. The van der Waals surface area contributed by atoms with Crippen LogP contribution in [0.4, 0.5) is 0 Å². The van der Waals surface area contributed by atoms with Crippen molar-refractivity contribution in [3.05, 3.63) is 57.3 Å². The normalized spacial score (nSPS) is 10.3. The van der Waals surface area contributed by atoms with E-state index in [1.807, 2.05) is 6.92 Å². The molecule has 0 aliphatic heterocycles. The Morgan fingerprint density at radius 3 is 2.85 bits per heavy atom. The maximum atomic E-state index is 12.4. The molecule has 0 amide bonds. The lowest BCUT2D eigenvalue weighted by Crippen LogP contribution is -2.04. The zero-order valence-electron chi connectivity index (χ0n) is 10.9.